The van der Waals surface area contributed by atoms with Crippen LogP contribution < -0.4 is 5.32 Å². The van der Waals surface area contributed by atoms with Crippen LogP contribution in [0.25, 0.3) is 0 Å². The van der Waals surface area contributed by atoms with Gasteiger partial charge in [0.1, 0.15) is 5.00 Å². The average molecular weight is 373 g/mol. The molecule has 0 saturated carbocycles. The van der Waals surface area contributed by atoms with Gasteiger partial charge in [0, 0.05) is 0 Å². The van der Waals surface area contributed by atoms with Gasteiger partial charge in [-0.3, -0.25) is 9.59 Å². The molecule has 1 aromatic heterocycles. The van der Waals surface area contributed by atoms with Crippen LogP contribution in [-0.2, 0) is 9.53 Å². The Bertz CT molecular complexity index is 811. The number of benzene rings is 1. The fourth-order valence-electron chi connectivity index (χ4n) is 2.84. The van der Waals surface area contributed by atoms with Gasteiger partial charge in [-0.05, 0) is 38.3 Å². The number of anilines is 1. The summed E-state index contributed by atoms with van der Waals surface area (Å²) in [6.07, 6.45) is 0.620. The van der Waals surface area contributed by atoms with E-state index in [1.807, 2.05) is 37.3 Å². The Hall–Kier alpha value is -2.47. The molecule has 1 N–H and O–H groups in total. The fourth-order valence-corrected chi connectivity index (χ4v) is 3.94. The lowest BCUT2D eigenvalue weighted by atomic mass is 9.95. The van der Waals surface area contributed by atoms with Gasteiger partial charge in [-0.15, -0.1) is 11.3 Å². The highest BCUT2D eigenvalue weighted by atomic mass is 32.1. The summed E-state index contributed by atoms with van der Waals surface area (Å²) in [4.78, 5) is 37.5. The summed E-state index contributed by atoms with van der Waals surface area (Å²) in [5, 5.41) is 3.21. The minimum absolute atomic E-state index is 0.145. The van der Waals surface area contributed by atoms with E-state index in [1.54, 1.807) is 13.8 Å². The van der Waals surface area contributed by atoms with E-state index in [-0.39, 0.29) is 29.8 Å². The number of carbonyl (C=O) groups is 3. The van der Waals surface area contributed by atoms with Gasteiger partial charge in [0.15, 0.2) is 5.78 Å². The zero-order chi connectivity index (χ0) is 19.3. The van der Waals surface area contributed by atoms with Gasteiger partial charge in [0.05, 0.1) is 23.0 Å². The molecule has 1 unspecified atom stereocenters. The van der Waals surface area contributed by atoms with E-state index < -0.39 is 5.97 Å². The van der Waals surface area contributed by atoms with E-state index in [2.05, 4.69) is 5.32 Å². The third kappa shape index (κ3) is 4.19. The fraction of sp³-hybridized carbons (Fsp3) is 0.350. The molecule has 0 aliphatic carbocycles. The van der Waals surface area contributed by atoms with Gasteiger partial charge in [-0.25, -0.2) is 4.79 Å². The maximum absolute atomic E-state index is 12.8. The molecule has 0 aliphatic rings. The zero-order valence-corrected chi connectivity index (χ0v) is 16.2. The molecule has 0 radical (unpaired) electrons. The number of carbonyl (C=O) groups excluding carboxylic acids is 3. The Labute approximate surface area is 157 Å². The number of Topliss-reactive ketones (excluding diaryl/α,β-unsaturated/α-hetero) is 1. The number of hydrogen-bond donors (Lipinski definition) is 1. The number of ketones is 1. The highest BCUT2D eigenvalue weighted by Crippen LogP contribution is 2.35. The first-order valence-electron chi connectivity index (χ1n) is 8.57. The summed E-state index contributed by atoms with van der Waals surface area (Å²) in [5.41, 5.74) is 1.72. The zero-order valence-electron chi connectivity index (χ0n) is 15.4. The van der Waals surface area contributed by atoms with Gasteiger partial charge >= 0.3 is 5.97 Å². The number of ether oxygens (including phenoxy) is 1. The SMILES string of the molecule is CCOC(=O)c1c(NC(=O)C(CC)c2ccccc2)sc(C(C)=O)c1C. The second-order valence-electron chi connectivity index (χ2n) is 5.90. The smallest absolute Gasteiger partial charge is 0.341 e. The molecule has 0 saturated heterocycles. The first kappa shape index (κ1) is 19.8. The summed E-state index contributed by atoms with van der Waals surface area (Å²) in [6, 6.07) is 9.48. The first-order chi connectivity index (χ1) is 12.4. The van der Waals surface area contributed by atoms with Crippen molar-refractivity contribution in [2.24, 2.45) is 0 Å². The predicted octanol–water partition coefficient (Wildman–Crippen LogP) is 4.57. The van der Waals surface area contributed by atoms with Crippen molar-refractivity contribution in [1.82, 2.24) is 0 Å². The molecule has 0 spiro atoms. The molecule has 138 valence electrons. The predicted molar refractivity (Wildman–Crippen MR) is 103 cm³/mol. The highest BCUT2D eigenvalue weighted by Gasteiger charge is 2.27. The molecule has 1 atom stereocenters. The molecule has 26 heavy (non-hydrogen) atoms. The van der Waals surface area contributed by atoms with Crippen molar-refractivity contribution in [3.8, 4) is 0 Å². The highest BCUT2D eigenvalue weighted by molar-refractivity contribution is 7.18. The van der Waals surface area contributed by atoms with Crippen molar-refractivity contribution < 1.29 is 19.1 Å². The molecule has 0 bridgehead atoms. The van der Waals surface area contributed by atoms with E-state index in [0.29, 0.717) is 21.9 Å². The Morgan fingerprint density at radius 1 is 1.15 bits per heavy atom. The largest absolute Gasteiger partial charge is 0.462 e. The molecule has 1 aromatic carbocycles. The van der Waals surface area contributed by atoms with E-state index in [9.17, 15) is 14.4 Å². The molecule has 2 aromatic rings. The standard InChI is InChI=1S/C20H23NO4S/c1-5-15(14-10-8-7-9-11-14)18(23)21-19-16(20(24)25-6-2)12(3)17(26-19)13(4)22/h7-11,15H,5-6H2,1-4H3,(H,21,23). The minimum Gasteiger partial charge on any atom is -0.462 e. The van der Waals surface area contributed by atoms with E-state index in [1.165, 1.54) is 6.92 Å². The van der Waals surface area contributed by atoms with Crippen LogP contribution in [-0.4, -0.2) is 24.3 Å². The van der Waals surface area contributed by atoms with Crippen molar-refractivity contribution in [3.05, 3.63) is 51.9 Å². The van der Waals surface area contributed by atoms with Crippen LogP contribution in [0.5, 0.6) is 0 Å². The molecular formula is C20H23NO4S. The third-order valence-corrected chi connectivity index (χ3v) is 5.42. The van der Waals surface area contributed by atoms with E-state index >= 15 is 0 Å². The monoisotopic (exact) mass is 373 g/mol. The van der Waals surface area contributed by atoms with Crippen molar-refractivity contribution >= 4 is 34.0 Å². The summed E-state index contributed by atoms with van der Waals surface area (Å²) in [7, 11) is 0. The van der Waals surface area contributed by atoms with Crippen LogP contribution in [0, 0.1) is 6.92 Å². The van der Waals surface area contributed by atoms with E-state index in [0.717, 1.165) is 16.9 Å². The Kier molecular flexibility index (Phi) is 6.69. The summed E-state index contributed by atoms with van der Waals surface area (Å²) in [5.74, 6) is -1.22. The van der Waals surface area contributed by atoms with Crippen LogP contribution in [0.1, 0.15) is 64.3 Å². The van der Waals surface area contributed by atoms with Gasteiger partial charge in [-0.2, -0.15) is 0 Å². The van der Waals surface area contributed by atoms with Crippen molar-refractivity contribution in [3.63, 3.8) is 0 Å². The molecule has 1 amide bonds. The van der Waals surface area contributed by atoms with Crippen molar-refractivity contribution in [2.75, 3.05) is 11.9 Å². The van der Waals surface area contributed by atoms with Crippen LogP contribution >= 0.6 is 11.3 Å². The van der Waals surface area contributed by atoms with Crippen LogP contribution in [0.15, 0.2) is 30.3 Å². The van der Waals surface area contributed by atoms with Gasteiger partial charge in [-0.1, -0.05) is 37.3 Å². The molecule has 0 aliphatic heterocycles. The van der Waals surface area contributed by atoms with E-state index in [4.69, 9.17) is 4.74 Å². The summed E-state index contributed by atoms with van der Waals surface area (Å²) < 4.78 is 5.10. The molecular weight excluding hydrogens is 350 g/mol. The number of esters is 1. The Morgan fingerprint density at radius 2 is 1.81 bits per heavy atom. The average Bonchev–Trinajstić information content (AvgIpc) is 2.93. The van der Waals surface area contributed by atoms with Gasteiger partial charge in [0.2, 0.25) is 5.91 Å². The van der Waals surface area contributed by atoms with Crippen molar-refractivity contribution in [1.29, 1.82) is 0 Å². The summed E-state index contributed by atoms with van der Waals surface area (Å²) in [6.45, 7) is 7.01. The molecule has 5 nitrogen and oxygen atoms in total. The third-order valence-electron chi connectivity index (χ3n) is 4.11. The number of amides is 1. The second kappa shape index (κ2) is 8.76. The van der Waals surface area contributed by atoms with Gasteiger partial charge in [0.25, 0.3) is 0 Å². The topological polar surface area (TPSA) is 72.5 Å². The minimum atomic E-state index is -0.531. The lowest BCUT2D eigenvalue weighted by molar-refractivity contribution is -0.117. The maximum Gasteiger partial charge on any atom is 0.341 e. The van der Waals surface area contributed by atoms with Crippen LogP contribution in [0.3, 0.4) is 0 Å². The lowest BCUT2D eigenvalue weighted by Crippen LogP contribution is -2.21. The normalized spacial score (nSPS) is 11.7. The molecule has 1 heterocycles. The quantitative estimate of drug-likeness (QED) is 0.570. The molecule has 0 fully saturated rings. The number of rotatable bonds is 7. The van der Waals surface area contributed by atoms with Crippen LogP contribution in [0.2, 0.25) is 0 Å². The molecule has 6 heteroatoms. The Balaban J connectivity index is 2.38. The lowest BCUT2D eigenvalue weighted by Gasteiger charge is -2.15. The first-order valence-corrected chi connectivity index (χ1v) is 9.39. The van der Waals surface area contributed by atoms with Crippen LogP contribution in [0.4, 0.5) is 5.00 Å². The van der Waals surface area contributed by atoms with Gasteiger partial charge < -0.3 is 10.1 Å². The second-order valence-corrected chi connectivity index (χ2v) is 6.92. The molecule has 2 rings (SSSR count). The van der Waals surface area contributed by atoms with Crippen molar-refractivity contribution in [2.45, 2.75) is 40.0 Å². The number of hydrogen-bond acceptors (Lipinski definition) is 5. The Morgan fingerprint density at radius 3 is 2.35 bits per heavy atom. The summed E-state index contributed by atoms with van der Waals surface area (Å²) >= 11 is 1.12. The number of thiophene rings is 1. The maximum atomic E-state index is 12.8. The number of nitrogens with one attached hydrogen (secondary N) is 1.